The summed E-state index contributed by atoms with van der Waals surface area (Å²) in [5, 5.41) is 0. The van der Waals surface area contributed by atoms with E-state index in [0.717, 1.165) is 31.8 Å². The van der Waals surface area contributed by atoms with Gasteiger partial charge in [0.05, 0.1) is 5.56 Å². The fourth-order valence-electron chi connectivity index (χ4n) is 3.69. The molecule has 0 spiro atoms. The van der Waals surface area contributed by atoms with Crippen molar-refractivity contribution in [3.63, 3.8) is 0 Å². The number of aromatic nitrogens is 3. The molecule has 3 aromatic rings. The average molecular weight is 362 g/mol. The van der Waals surface area contributed by atoms with E-state index < -0.39 is 0 Å². The second-order valence-electron chi connectivity index (χ2n) is 6.93. The third-order valence-corrected chi connectivity index (χ3v) is 5.05. The summed E-state index contributed by atoms with van der Waals surface area (Å²) in [6.45, 7) is 2.15. The van der Waals surface area contributed by atoms with Crippen LogP contribution in [0.5, 0.6) is 0 Å². The molecule has 3 heterocycles. The molecule has 1 amide bonds. The molecule has 1 aliphatic heterocycles. The Bertz CT molecular complexity index is 957. The number of likely N-dealkylation sites (tertiary alicyclic amines) is 1. The van der Waals surface area contributed by atoms with Gasteiger partial charge in [0.1, 0.15) is 5.82 Å². The number of benzene rings is 1. The average Bonchev–Trinajstić information content (AvgIpc) is 3.17. The normalized spacial score (nSPS) is 17.0. The van der Waals surface area contributed by atoms with Crippen LogP contribution in [0.3, 0.4) is 0 Å². The summed E-state index contributed by atoms with van der Waals surface area (Å²) in [5.74, 6) is 1.19. The van der Waals surface area contributed by atoms with Crippen LogP contribution in [0.2, 0.25) is 0 Å². The monoisotopic (exact) mass is 362 g/mol. The Hall–Kier alpha value is -3.15. The Labute approximate surface area is 157 Å². The van der Waals surface area contributed by atoms with Gasteiger partial charge in [0, 0.05) is 50.2 Å². The van der Waals surface area contributed by atoms with Crippen molar-refractivity contribution in [2.45, 2.75) is 25.3 Å². The summed E-state index contributed by atoms with van der Waals surface area (Å²) in [6, 6.07) is 13.3. The van der Waals surface area contributed by atoms with E-state index in [1.165, 1.54) is 17.8 Å². The molecule has 1 saturated heterocycles. The van der Waals surface area contributed by atoms with E-state index in [1.807, 2.05) is 35.5 Å². The lowest BCUT2D eigenvalue weighted by Gasteiger charge is -2.32. The maximum atomic E-state index is 12.8. The van der Waals surface area contributed by atoms with Crippen LogP contribution in [0.4, 0.5) is 0 Å². The fraction of sp³-hybridized carbons (Fsp3) is 0.286. The zero-order chi connectivity index (χ0) is 18.6. The van der Waals surface area contributed by atoms with Gasteiger partial charge < -0.3 is 14.5 Å². The van der Waals surface area contributed by atoms with Gasteiger partial charge in [-0.2, -0.15) is 0 Å². The summed E-state index contributed by atoms with van der Waals surface area (Å²) in [5.41, 5.74) is 1.54. The van der Waals surface area contributed by atoms with Crippen LogP contribution in [-0.2, 0) is 6.54 Å². The van der Waals surface area contributed by atoms with Crippen LogP contribution < -0.4 is 5.56 Å². The SMILES string of the molecule is O=C(c1ccc(=O)[nH]c1)N1CCC[C@H](c2nccn2Cc2ccccc2)C1. The van der Waals surface area contributed by atoms with Crippen molar-refractivity contribution in [3.05, 3.63) is 88.4 Å². The van der Waals surface area contributed by atoms with E-state index in [0.29, 0.717) is 12.1 Å². The summed E-state index contributed by atoms with van der Waals surface area (Å²) < 4.78 is 2.17. The summed E-state index contributed by atoms with van der Waals surface area (Å²) >= 11 is 0. The molecule has 138 valence electrons. The van der Waals surface area contributed by atoms with Crippen LogP contribution in [-0.4, -0.2) is 38.4 Å². The largest absolute Gasteiger partial charge is 0.338 e. The second-order valence-corrected chi connectivity index (χ2v) is 6.93. The number of hydrogen-bond acceptors (Lipinski definition) is 3. The van der Waals surface area contributed by atoms with Crippen molar-refractivity contribution in [1.82, 2.24) is 19.4 Å². The number of imidazole rings is 1. The Morgan fingerprint density at radius 2 is 2.04 bits per heavy atom. The molecule has 27 heavy (non-hydrogen) atoms. The van der Waals surface area contributed by atoms with Gasteiger partial charge in [-0.3, -0.25) is 9.59 Å². The van der Waals surface area contributed by atoms with Crippen LogP contribution in [0.15, 0.2) is 65.8 Å². The molecule has 0 radical (unpaired) electrons. The Kier molecular flexibility index (Phi) is 4.87. The molecule has 1 fully saturated rings. The third-order valence-electron chi connectivity index (χ3n) is 5.05. The van der Waals surface area contributed by atoms with Crippen molar-refractivity contribution in [2.24, 2.45) is 0 Å². The van der Waals surface area contributed by atoms with Gasteiger partial charge in [-0.05, 0) is 24.5 Å². The molecular formula is C21H22N4O2. The lowest BCUT2D eigenvalue weighted by molar-refractivity contribution is 0.0703. The van der Waals surface area contributed by atoms with Gasteiger partial charge in [0.25, 0.3) is 5.91 Å². The number of aromatic amines is 1. The number of nitrogens with zero attached hydrogens (tertiary/aromatic N) is 3. The van der Waals surface area contributed by atoms with Gasteiger partial charge in [0.2, 0.25) is 5.56 Å². The maximum absolute atomic E-state index is 12.8. The van der Waals surface area contributed by atoms with Crippen molar-refractivity contribution < 1.29 is 4.79 Å². The number of amides is 1. The first kappa shape index (κ1) is 17.3. The van der Waals surface area contributed by atoms with E-state index in [4.69, 9.17) is 0 Å². The zero-order valence-corrected chi connectivity index (χ0v) is 15.0. The van der Waals surface area contributed by atoms with E-state index in [1.54, 1.807) is 6.07 Å². The Balaban J connectivity index is 1.50. The predicted octanol–water partition coefficient (Wildman–Crippen LogP) is 2.64. The molecule has 6 heteroatoms. The minimum atomic E-state index is -0.203. The molecule has 6 nitrogen and oxygen atoms in total. The fourth-order valence-corrected chi connectivity index (χ4v) is 3.69. The molecule has 4 rings (SSSR count). The highest BCUT2D eigenvalue weighted by atomic mass is 16.2. The lowest BCUT2D eigenvalue weighted by atomic mass is 9.96. The molecule has 0 aliphatic carbocycles. The molecule has 1 aliphatic rings. The Morgan fingerprint density at radius 3 is 2.81 bits per heavy atom. The van der Waals surface area contributed by atoms with Crippen LogP contribution in [0, 0.1) is 0 Å². The Morgan fingerprint density at radius 1 is 1.19 bits per heavy atom. The van der Waals surface area contributed by atoms with Crippen LogP contribution >= 0.6 is 0 Å². The number of piperidine rings is 1. The third kappa shape index (κ3) is 3.84. The standard InChI is InChI=1S/C21H22N4O2/c26-19-9-8-17(13-23-19)21(27)25-11-4-7-18(15-25)20-22-10-12-24(20)14-16-5-2-1-3-6-16/h1-3,5-6,8-10,12-13,18H,4,7,11,14-15H2,(H,23,26)/t18-/m0/s1. The number of carbonyl (C=O) groups excluding carboxylic acids is 1. The lowest BCUT2D eigenvalue weighted by Crippen LogP contribution is -2.40. The highest BCUT2D eigenvalue weighted by molar-refractivity contribution is 5.93. The predicted molar refractivity (Wildman–Crippen MR) is 103 cm³/mol. The second kappa shape index (κ2) is 7.61. The first-order chi connectivity index (χ1) is 13.2. The first-order valence-corrected chi connectivity index (χ1v) is 9.23. The molecule has 0 unspecified atom stereocenters. The minimum absolute atomic E-state index is 0.0443. The van der Waals surface area contributed by atoms with Gasteiger partial charge in [-0.25, -0.2) is 4.98 Å². The first-order valence-electron chi connectivity index (χ1n) is 9.23. The van der Waals surface area contributed by atoms with E-state index in [-0.39, 0.29) is 17.4 Å². The molecule has 1 aromatic carbocycles. The highest BCUT2D eigenvalue weighted by Gasteiger charge is 2.28. The van der Waals surface area contributed by atoms with Crippen molar-refractivity contribution in [1.29, 1.82) is 0 Å². The number of pyridine rings is 1. The topological polar surface area (TPSA) is 71.0 Å². The van der Waals surface area contributed by atoms with Crippen molar-refractivity contribution in [3.8, 4) is 0 Å². The van der Waals surface area contributed by atoms with Gasteiger partial charge >= 0.3 is 0 Å². The van der Waals surface area contributed by atoms with Gasteiger partial charge in [-0.1, -0.05) is 30.3 Å². The van der Waals surface area contributed by atoms with E-state index in [9.17, 15) is 9.59 Å². The summed E-state index contributed by atoms with van der Waals surface area (Å²) in [7, 11) is 0. The smallest absolute Gasteiger partial charge is 0.255 e. The quantitative estimate of drug-likeness (QED) is 0.776. The van der Waals surface area contributed by atoms with E-state index >= 15 is 0 Å². The number of carbonyl (C=O) groups is 1. The van der Waals surface area contributed by atoms with Crippen molar-refractivity contribution in [2.75, 3.05) is 13.1 Å². The zero-order valence-electron chi connectivity index (χ0n) is 15.0. The highest BCUT2D eigenvalue weighted by Crippen LogP contribution is 2.27. The molecule has 1 atom stereocenters. The summed E-state index contributed by atoms with van der Waals surface area (Å²) in [4.78, 5) is 33.0. The molecule has 1 N–H and O–H groups in total. The van der Waals surface area contributed by atoms with Crippen LogP contribution in [0.25, 0.3) is 0 Å². The van der Waals surface area contributed by atoms with E-state index in [2.05, 4.69) is 26.7 Å². The van der Waals surface area contributed by atoms with Gasteiger partial charge in [-0.15, -0.1) is 0 Å². The number of nitrogens with one attached hydrogen (secondary N) is 1. The molecule has 0 bridgehead atoms. The van der Waals surface area contributed by atoms with Crippen LogP contribution in [0.1, 0.15) is 40.5 Å². The molecular weight excluding hydrogens is 340 g/mol. The number of rotatable bonds is 4. The number of hydrogen-bond donors (Lipinski definition) is 1. The maximum Gasteiger partial charge on any atom is 0.255 e. The van der Waals surface area contributed by atoms with Crippen molar-refractivity contribution >= 4 is 5.91 Å². The summed E-state index contributed by atoms with van der Waals surface area (Å²) in [6.07, 6.45) is 7.29. The molecule has 2 aromatic heterocycles. The minimum Gasteiger partial charge on any atom is -0.338 e. The van der Waals surface area contributed by atoms with Gasteiger partial charge in [0.15, 0.2) is 0 Å². The number of H-pyrrole nitrogens is 1. The molecule has 0 saturated carbocycles.